The highest BCUT2D eigenvalue weighted by Gasteiger charge is 2.22. The molecule has 0 radical (unpaired) electrons. The molecule has 0 fully saturated rings. The van der Waals surface area contributed by atoms with Gasteiger partial charge in [0.2, 0.25) is 0 Å². The minimum absolute atomic E-state index is 0.246. The number of rotatable bonds is 2. The number of benzene rings is 2. The SMILES string of the molecule is CC1Cc2ccccc2N(Cc2cc(C#N)ccc2F)C1. The van der Waals surface area contributed by atoms with E-state index in [-0.39, 0.29) is 5.82 Å². The molecule has 0 N–H and O–H groups in total. The first-order valence-electron chi connectivity index (χ1n) is 7.18. The van der Waals surface area contributed by atoms with Crippen molar-refractivity contribution >= 4 is 5.69 Å². The molecule has 1 atom stereocenters. The Hall–Kier alpha value is -2.34. The first-order valence-corrected chi connectivity index (χ1v) is 7.18. The normalized spacial score (nSPS) is 17.2. The second-order valence-corrected chi connectivity index (χ2v) is 5.74. The van der Waals surface area contributed by atoms with Crippen LogP contribution in [0.4, 0.5) is 10.1 Å². The van der Waals surface area contributed by atoms with Gasteiger partial charge in [-0.2, -0.15) is 5.26 Å². The molecule has 2 nitrogen and oxygen atoms in total. The molecule has 3 rings (SSSR count). The monoisotopic (exact) mass is 280 g/mol. The molecule has 0 spiro atoms. The summed E-state index contributed by atoms with van der Waals surface area (Å²) in [6.07, 6.45) is 1.06. The lowest BCUT2D eigenvalue weighted by Crippen LogP contribution is -2.34. The summed E-state index contributed by atoms with van der Waals surface area (Å²) in [5.41, 5.74) is 3.58. The molecule has 0 bridgehead atoms. The molecule has 106 valence electrons. The molecule has 2 aromatic rings. The van der Waals surface area contributed by atoms with E-state index in [2.05, 4.69) is 30.0 Å². The number of nitriles is 1. The van der Waals surface area contributed by atoms with Gasteiger partial charge in [-0.3, -0.25) is 0 Å². The van der Waals surface area contributed by atoms with E-state index in [0.717, 1.165) is 13.0 Å². The fraction of sp³-hybridized carbons (Fsp3) is 0.278. The van der Waals surface area contributed by atoms with Gasteiger partial charge >= 0.3 is 0 Å². The van der Waals surface area contributed by atoms with Crippen LogP contribution in [0.25, 0.3) is 0 Å². The third-order valence-electron chi connectivity index (χ3n) is 3.97. The van der Waals surface area contributed by atoms with Gasteiger partial charge in [0.1, 0.15) is 5.82 Å². The van der Waals surface area contributed by atoms with Gasteiger partial charge in [0.05, 0.1) is 11.6 Å². The van der Waals surface area contributed by atoms with Gasteiger partial charge in [0.25, 0.3) is 0 Å². The van der Waals surface area contributed by atoms with E-state index in [9.17, 15) is 4.39 Å². The van der Waals surface area contributed by atoms with Crippen molar-refractivity contribution in [3.05, 3.63) is 65.0 Å². The Bertz CT molecular complexity index is 703. The van der Waals surface area contributed by atoms with Gasteiger partial charge in [0.15, 0.2) is 0 Å². The Labute approximate surface area is 124 Å². The number of hydrogen-bond acceptors (Lipinski definition) is 2. The molecule has 0 saturated carbocycles. The molecule has 3 heteroatoms. The zero-order chi connectivity index (χ0) is 14.8. The third kappa shape index (κ3) is 2.75. The van der Waals surface area contributed by atoms with Crippen molar-refractivity contribution < 1.29 is 4.39 Å². The van der Waals surface area contributed by atoms with Crippen molar-refractivity contribution in [1.82, 2.24) is 0 Å². The average molecular weight is 280 g/mol. The standard InChI is InChI=1S/C18H17FN2/c1-13-8-15-4-2-3-5-18(15)21(11-13)12-16-9-14(10-20)6-7-17(16)19/h2-7,9,13H,8,11-12H2,1H3. The molecule has 2 aromatic carbocycles. The van der Waals surface area contributed by atoms with Crippen LogP contribution in [0, 0.1) is 23.1 Å². The Balaban J connectivity index is 1.94. The van der Waals surface area contributed by atoms with Gasteiger partial charge in [-0.15, -0.1) is 0 Å². The molecule has 1 unspecified atom stereocenters. The zero-order valence-electron chi connectivity index (χ0n) is 12.0. The zero-order valence-corrected chi connectivity index (χ0v) is 12.0. The third-order valence-corrected chi connectivity index (χ3v) is 3.97. The fourth-order valence-corrected chi connectivity index (χ4v) is 3.03. The van der Waals surface area contributed by atoms with Gasteiger partial charge < -0.3 is 4.90 Å². The van der Waals surface area contributed by atoms with Crippen LogP contribution in [-0.2, 0) is 13.0 Å². The van der Waals surface area contributed by atoms with E-state index < -0.39 is 0 Å². The second kappa shape index (κ2) is 5.57. The fourth-order valence-electron chi connectivity index (χ4n) is 3.03. The van der Waals surface area contributed by atoms with Crippen molar-refractivity contribution in [2.24, 2.45) is 5.92 Å². The maximum absolute atomic E-state index is 14.0. The highest BCUT2D eigenvalue weighted by molar-refractivity contribution is 5.56. The summed E-state index contributed by atoms with van der Waals surface area (Å²) >= 11 is 0. The van der Waals surface area contributed by atoms with E-state index >= 15 is 0 Å². The summed E-state index contributed by atoms with van der Waals surface area (Å²) in [5, 5.41) is 8.97. The molecule has 0 aromatic heterocycles. The molecular formula is C18H17FN2. The second-order valence-electron chi connectivity index (χ2n) is 5.74. The largest absolute Gasteiger partial charge is 0.367 e. The summed E-state index contributed by atoms with van der Waals surface area (Å²) in [5.74, 6) is 0.298. The van der Waals surface area contributed by atoms with Crippen LogP contribution >= 0.6 is 0 Å². The predicted octanol–water partition coefficient (Wildman–Crippen LogP) is 3.90. The average Bonchev–Trinajstić information content (AvgIpc) is 2.49. The van der Waals surface area contributed by atoms with Gasteiger partial charge in [0, 0.05) is 24.3 Å². The molecule has 21 heavy (non-hydrogen) atoms. The predicted molar refractivity (Wildman–Crippen MR) is 81.5 cm³/mol. The topological polar surface area (TPSA) is 27.0 Å². The maximum atomic E-state index is 14.0. The summed E-state index contributed by atoms with van der Waals surface area (Å²) < 4.78 is 14.0. The van der Waals surface area contributed by atoms with E-state index in [1.54, 1.807) is 6.07 Å². The minimum atomic E-state index is -0.246. The molecule has 1 heterocycles. The minimum Gasteiger partial charge on any atom is -0.367 e. The molecule has 0 amide bonds. The van der Waals surface area contributed by atoms with E-state index in [4.69, 9.17) is 5.26 Å². The highest BCUT2D eigenvalue weighted by atomic mass is 19.1. The highest BCUT2D eigenvalue weighted by Crippen LogP contribution is 2.31. The molecule has 1 aliphatic rings. The van der Waals surface area contributed by atoms with E-state index in [1.165, 1.54) is 23.4 Å². The molecule has 1 aliphatic heterocycles. The summed E-state index contributed by atoms with van der Waals surface area (Å²) in [4.78, 5) is 2.21. The van der Waals surface area contributed by atoms with E-state index in [1.807, 2.05) is 12.1 Å². The van der Waals surface area contributed by atoms with Crippen LogP contribution in [0.3, 0.4) is 0 Å². The van der Waals surface area contributed by atoms with Crippen LogP contribution in [0.5, 0.6) is 0 Å². The Morgan fingerprint density at radius 2 is 2.10 bits per heavy atom. The first-order chi connectivity index (χ1) is 10.2. The van der Waals surface area contributed by atoms with Crippen molar-refractivity contribution in [3.8, 4) is 6.07 Å². The number of nitrogens with zero attached hydrogens (tertiary/aromatic N) is 2. The number of fused-ring (bicyclic) bond motifs is 1. The maximum Gasteiger partial charge on any atom is 0.128 e. The van der Waals surface area contributed by atoms with Crippen molar-refractivity contribution in [2.45, 2.75) is 19.9 Å². The number of hydrogen-bond donors (Lipinski definition) is 0. The molecular weight excluding hydrogens is 263 g/mol. The Kier molecular flexibility index (Phi) is 3.62. The lowest BCUT2D eigenvalue weighted by molar-refractivity contribution is 0.522. The van der Waals surface area contributed by atoms with Gasteiger partial charge in [-0.1, -0.05) is 25.1 Å². The van der Waals surface area contributed by atoms with Crippen LogP contribution < -0.4 is 4.90 Å². The van der Waals surface area contributed by atoms with Crippen LogP contribution in [0.1, 0.15) is 23.6 Å². The summed E-state index contributed by atoms with van der Waals surface area (Å²) in [6, 6.07) is 14.9. The number of para-hydroxylation sites is 1. The van der Waals surface area contributed by atoms with Crippen molar-refractivity contribution in [3.63, 3.8) is 0 Å². The summed E-state index contributed by atoms with van der Waals surface area (Å²) in [7, 11) is 0. The quantitative estimate of drug-likeness (QED) is 0.834. The van der Waals surface area contributed by atoms with Crippen LogP contribution in [0.2, 0.25) is 0 Å². The Morgan fingerprint density at radius 1 is 1.29 bits per heavy atom. The van der Waals surface area contributed by atoms with Crippen molar-refractivity contribution in [1.29, 1.82) is 5.26 Å². The Morgan fingerprint density at radius 3 is 2.90 bits per heavy atom. The van der Waals surface area contributed by atoms with Crippen LogP contribution in [-0.4, -0.2) is 6.54 Å². The summed E-state index contributed by atoms with van der Waals surface area (Å²) in [6.45, 7) is 3.63. The number of anilines is 1. The lowest BCUT2D eigenvalue weighted by Gasteiger charge is -2.35. The smallest absolute Gasteiger partial charge is 0.128 e. The molecule has 0 aliphatic carbocycles. The lowest BCUT2D eigenvalue weighted by atomic mass is 9.93. The first kappa shape index (κ1) is 13.6. The molecule has 0 saturated heterocycles. The van der Waals surface area contributed by atoms with E-state index in [0.29, 0.717) is 23.6 Å². The van der Waals surface area contributed by atoms with Crippen molar-refractivity contribution in [2.75, 3.05) is 11.4 Å². The number of halogens is 1. The van der Waals surface area contributed by atoms with Crippen LogP contribution in [0.15, 0.2) is 42.5 Å². The van der Waals surface area contributed by atoms with Gasteiger partial charge in [-0.25, -0.2) is 4.39 Å². The van der Waals surface area contributed by atoms with Gasteiger partial charge in [-0.05, 0) is 42.2 Å².